The summed E-state index contributed by atoms with van der Waals surface area (Å²) in [5.41, 5.74) is 7.23. The molecule has 0 unspecified atom stereocenters. The van der Waals surface area contributed by atoms with Crippen LogP contribution < -0.4 is 16.4 Å². The van der Waals surface area contributed by atoms with E-state index in [1.165, 1.54) is 0 Å². The van der Waals surface area contributed by atoms with Crippen molar-refractivity contribution in [2.24, 2.45) is 5.73 Å². The highest BCUT2D eigenvalue weighted by Gasteiger charge is 2.25. The van der Waals surface area contributed by atoms with E-state index >= 15 is 0 Å². The molecule has 0 radical (unpaired) electrons. The molecule has 3 rings (SSSR count). The van der Waals surface area contributed by atoms with Crippen LogP contribution >= 0.6 is 0 Å². The van der Waals surface area contributed by atoms with Gasteiger partial charge in [0, 0.05) is 40.7 Å². The van der Waals surface area contributed by atoms with Crippen LogP contribution in [0.4, 0.5) is 5.69 Å². The summed E-state index contributed by atoms with van der Waals surface area (Å²) in [4.78, 5) is 24.0. The molecule has 0 saturated heterocycles. The Bertz CT molecular complexity index is 771. The van der Waals surface area contributed by atoms with Gasteiger partial charge in [-0.25, -0.2) is 0 Å². The molecule has 0 aromatic heterocycles. The van der Waals surface area contributed by atoms with E-state index in [1.807, 2.05) is 18.2 Å². The molecular formula is C18H21N3O4. The molecule has 25 heavy (non-hydrogen) atoms. The van der Waals surface area contributed by atoms with Gasteiger partial charge in [0.05, 0.1) is 26.4 Å². The Hall–Kier alpha value is -2.48. The molecule has 2 aromatic carbocycles. The van der Waals surface area contributed by atoms with Crippen LogP contribution in [-0.4, -0.2) is 51.3 Å². The molecule has 7 nitrogen and oxygen atoms in total. The average molecular weight is 343 g/mol. The fraction of sp³-hybridized carbons (Fsp3) is 0.333. The number of rotatable bonds is 9. The van der Waals surface area contributed by atoms with Gasteiger partial charge in [-0.1, -0.05) is 12.1 Å². The van der Waals surface area contributed by atoms with Crippen LogP contribution in [0.3, 0.4) is 0 Å². The first-order chi connectivity index (χ1) is 12.2. The van der Waals surface area contributed by atoms with Crippen molar-refractivity contribution in [3.63, 3.8) is 0 Å². The lowest BCUT2D eigenvalue weighted by atomic mass is 9.94. The van der Waals surface area contributed by atoms with Crippen LogP contribution in [0, 0.1) is 0 Å². The van der Waals surface area contributed by atoms with Crippen LogP contribution in [0.1, 0.15) is 20.7 Å². The molecule has 2 amide bonds. The van der Waals surface area contributed by atoms with Crippen molar-refractivity contribution in [2.75, 3.05) is 44.8 Å². The molecule has 0 fully saturated rings. The summed E-state index contributed by atoms with van der Waals surface area (Å²) in [5.74, 6) is -0.720. The lowest BCUT2D eigenvalue weighted by molar-refractivity contribution is 0.0548. The number of ether oxygens (including phenoxy) is 2. The van der Waals surface area contributed by atoms with E-state index in [1.54, 1.807) is 12.1 Å². The van der Waals surface area contributed by atoms with Gasteiger partial charge in [0.25, 0.3) is 11.8 Å². The summed E-state index contributed by atoms with van der Waals surface area (Å²) in [6.45, 7) is 3.21. The van der Waals surface area contributed by atoms with Crippen molar-refractivity contribution in [3.8, 4) is 0 Å². The zero-order valence-corrected chi connectivity index (χ0v) is 13.8. The van der Waals surface area contributed by atoms with Gasteiger partial charge in [-0.05, 0) is 18.2 Å². The molecule has 1 heterocycles. The standard InChI is InChI=1S/C18H21N3O4/c19-6-8-24-10-11-25-9-7-20-15-5-4-14-16-12(15)2-1-3-13(16)17(22)21-18(14)23/h1-5,20H,6-11,19H2,(H,21,22,23). The van der Waals surface area contributed by atoms with Crippen LogP contribution in [0.25, 0.3) is 10.8 Å². The van der Waals surface area contributed by atoms with E-state index in [2.05, 4.69) is 10.6 Å². The first kappa shape index (κ1) is 17.3. The van der Waals surface area contributed by atoms with Crippen LogP contribution in [0.15, 0.2) is 30.3 Å². The number of benzene rings is 2. The van der Waals surface area contributed by atoms with Gasteiger partial charge in [-0.15, -0.1) is 0 Å². The maximum atomic E-state index is 12.0. The molecule has 1 aliphatic heterocycles. The maximum absolute atomic E-state index is 12.0. The molecule has 0 aliphatic carbocycles. The van der Waals surface area contributed by atoms with E-state index in [4.69, 9.17) is 15.2 Å². The monoisotopic (exact) mass is 343 g/mol. The number of carbonyl (C=O) groups excluding carboxylic acids is 2. The molecule has 4 N–H and O–H groups in total. The number of carbonyl (C=O) groups is 2. The van der Waals surface area contributed by atoms with E-state index < -0.39 is 0 Å². The highest BCUT2D eigenvalue weighted by molar-refractivity contribution is 6.26. The number of anilines is 1. The molecule has 1 aliphatic rings. The second-order valence-corrected chi connectivity index (χ2v) is 5.61. The second-order valence-electron chi connectivity index (χ2n) is 5.61. The smallest absolute Gasteiger partial charge is 0.258 e. The van der Waals surface area contributed by atoms with E-state index in [9.17, 15) is 9.59 Å². The van der Waals surface area contributed by atoms with Gasteiger partial charge in [0.2, 0.25) is 0 Å². The maximum Gasteiger partial charge on any atom is 0.258 e. The first-order valence-electron chi connectivity index (χ1n) is 8.23. The van der Waals surface area contributed by atoms with Gasteiger partial charge >= 0.3 is 0 Å². The van der Waals surface area contributed by atoms with Gasteiger partial charge in [0.15, 0.2) is 0 Å². The van der Waals surface area contributed by atoms with Crippen molar-refractivity contribution in [1.29, 1.82) is 0 Å². The third-order valence-corrected chi connectivity index (χ3v) is 3.95. The Labute approximate surface area is 145 Å². The van der Waals surface area contributed by atoms with Crippen molar-refractivity contribution in [2.45, 2.75) is 0 Å². The lowest BCUT2D eigenvalue weighted by Crippen LogP contribution is -2.34. The highest BCUT2D eigenvalue weighted by Crippen LogP contribution is 2.31. The van der Waals surface area contributed by atoms with E-state index in [0.717, 1.165) is 11.1 Å². The number of imide groups is 1. The molecule has 0 spiro atoms. The van der Waals surface area contributed by atoms with Gasteiger partial charge in [-0.2, -0.15) is 0 Å². The quantitative estimate of drug-likeness (QED) is 0.466. The van der Waals surface area contributed by atoms with Crippen LogP contribution in [0.5, 0.6) is 0 Å². The number of nitrogens with one attached hydrogen (secondary N) is 2. The third kappa shape index (κ3) is 3.79. The van der Waals surface area contributed by atoms with Gasteiger partial charge < -0.3 is 20.5 Å². The lowest BCUT2D eigenvalue weighted by Gasteiger charge is -2.19. The Morgan fingerprint density at radius 3 is 2.40 bits per heavy atom. The van der Waals surface area contributed by atoms with Crippen molar-refractivity contribution < 1.29 is 19.1 Å². The Kier molecular flexibility index (Phi) is 5.60. The number of nitrogens with two attached hydrogens (primary N) is 1. The second kappa shape index (κ2) is 8.06. The Morgan fingerprint density at radius 2 is 1.64 bits per heavy atom. The Morgan fingerprint density at radius 1 is 0.920 bits per heavy atom. The molecule has 7 heteroatoms. The molecule has 2 aromatic rings. The Balaban J connectivity index is 1.65. The van der Waals surface area contributed by atoms with E-state index in [-0.39, 0.29) is 11.8 Å². The predicted molar refractivity (Wildman–Crippen MR) is 94.9 cm³/mol. The highest BCUT2D eigenvalue weighted by atomic mass is 16.5. The number of amides is 2. The summed E-state index contributed by atoms with van der Waals surface area (Å²) in [5, 5.41) is 7.19. The fourth-order valence-corrected chi connectivity index (χ4v) is 2.84. The summed E-state index contributed by atoms with van der Waals surface area (Å²) >= 11 is 0. The minimum absolute atomic E-state index is 0.360. The zero-order chi connectivity index (χ0) is 17.6. The van der Waals surface area contributed by atoms with Crippen LogP contribution in [-0.2, 0) is 9.47 Å². The largest absolute Gasteiger partial charge is 0.382 e. The van der Waals surface area contributed by atoms with Crippen LogP contribution in [0.2, 0.25) is 0 Å². The summed E-state index contributed by atoms with van der Waals surface area (Å²) in [6.07, 6.45) is 0. The van der Waals surface area contributed by atoms with E-state index in [0.29, 0.717) is 56.0 Å². The SMILES string of the molecule is NCCOCCOCCNc1ccc2c3c(cccc13)C(=O)NC2=O. The molecular weight excluding hydrogens is 322 g/mol. The van der Waals surface area contributed by atoms with Gasteiger partial charge in [-0.3, -0.25) is 14.9 Å². The van der Waals surface area contributed by atoms with Crippen molar-refractivity contribution in [1.82, 2.24) is 5.32 Å². The zero-order valence-electron chi connectivity index (χ0n) is 13.8. The molecule has 0 saturated carbocycles. The molecule has 132 valence electrons. The predicted octanol–water partition coefficient (Wildman–Crippen LogP) is 1.13. The molecule has 0 bridgehead atoms. The molecule has 0 atom stereocenters. The first-order valence-corrected chi connectivity index (χ1v) is 8.23. The van der Waals surface area contributed by atoms with Gasteiger partial charge in [0.1, 0.15) is 0 Å². The normalized spacial score (nSPS) is 13.2. The van der Waals surface area contributed by atoms with Crippen molar-refractivity contribution in [3.05, 3.63) is 41.5 Å². The number of hydrogen-bond donors (Lipinski definition) is 3. The fourth-order valence-electron chi connectivity index (χ4n) is 2.84. The average Bonchev–Trinajstić information content (AvgIpc) is 2.62. The summed E-state index contributed by atoms with van der Waals surface area (Å²) in [7, 11) is 0. The number of hydrogen-bond acceptors (Lipinski definition) is 6. The minimum atomic E-state index is -0.360. The van der Waals surface area contributed by atoms with Crippen molar-refractivity contribution >= 4 is 28.3 Å². The minimum Gasteiger partial charge on any atom is -0.382 e. The third-order valence-electron chi connectivity index (χ3n) is 3.95. The topological polar surface area (TPSA) is 103 Å². The summed E-state index contributed by atoms with van der Waals surface area (Å²) < 4.78 is 10.7. The summed E-state index contributed by atoms with van der Waals surface area (Å²) in [6, 6.07) is 9.02.